The summed E-state index contributed by atoms with van der Waals surface area (Å²) >= 11 is 6.19. The van der Waals surface area contributed by atoms with E-state index in [2.05, 4.69) is 4.98 Å². The van der Waals surface area contributed by atoms with Gasteiger partial charge in [-0.05, 0) is 41.8 Å². The zero-order valence-corrected chi connectivity index (χ0v) is 19.8. The highest BCUT2D eigenvalue weighted by molar-refractivity contribution is 6.46. The summed E-state index contributed by atoms with van der Waals surface area (Å²) in [6.45, 7) is 0.160. The Morgan fingerprint density at radius 2 is 1.83 bits per heavy atom. The Morgan fingerprint density at radius 1 is 1.11 bits per heavy atom. The number of halogens is 2. The first-order valence-electron chi connectivity index (χ1n) is 10.7. The zero-order chi connectivity index (χ0) is 25.1. The van der Waals surface area contributed by atoms with Crippen molar-refractivity contribution in [3.8, 4) is 11.5 Å². The molecule has 2 aromatic carbocycles. The Balaban J connectivity index is 1.82. The number of ketones is 1. The van der Waals surface area contributed by atoms with Gasteiger partial charge in [0.05, 0.1) is 36.4 Å². The number of pyridine rings is 1. The lowest BCUT2D eigenvalue weighted by Crippen LogP contribution is -2.31. The van der Waals surface area contributed by atoms with E-state index in [-0.39, 0.29) is 40.0 Å². The molecule has 1 fully saturated rings. The maximum atomic E-state index is 13.3. The van der Waals surface area contributed by atoms with E-state index < -0.39 is 23.5 Å². The summed E-state index contributed by atoms with van der Waals surface area (Å²) < 4.78 is 23.9. The number of amides is 1. The largest absolute Gasteiger partial charge is 0.507 e. The van der Waals surface area contributed by atoms with Crippen LogP contribution in [0.5, 0.6) is 11.5 Å². The summed E-state index contributed by atoms with van der Waals surface area (Å²) in [5, 5.41) is 11.6. The van der Waals surface area contributed by atoms with Crippen LogP contribution in [0.1, 0.15) is 22.7 Å². The summed E-state index contributed by atoms with van der Waals surface area (Å²) in [5.74, 6) is -1.92. The maximum Gasteiger partial charge on any atom is 0.295 e. The van der Waals surface area contributed by atoms with E-state index in [9.17, 15) is 19.1 Å². The number of methoxy groups -OCH3 is 2. The number of aromatic nitrogens is 1. The maximum absolute atomic E-state index is 13.3. The second-order valence-electron chi connectivity index (χ2n) is 7.84. The van der Waals surface area contributed by atoms with Crippen molar-refractivity contribution < 1.29 is 28.6 Å². The van der Waals surface area contributed by atoms with Crippen LogP contribution in [0.25, 0.3) is 5.76 Å². The quantitative estimate of drug-likeness (QED) is 0.293. The summed E-state index contributed by atoms with van der Waals surface area (Å²) in [7, 11) is 2.82. The Labute approximate surface area is 206 Å². The topological polar surface area (TPSA) is 89.0 Å². The standard InChI is InChI=1S/C26H22ClFN2O5/c1-34-20-13-19(27)21(35-2)12-18(20)24(31)22-23(16-4-3-10-29-14-16)30(26(33)25(22)32)11-9-15-5-7-17(28)8-6-15/h3-8,10,12-14,23,31H,9,11H2,1-2H3/b24-22+. The lowest BCUT2D eigenvalue weighted by atomic mass is 9.95. The molecular weight excluding hydrogens is 475 g/mol. The molecule has 0 aliphatic carbocycles. The van der Waals surface area contributed by atoms with Gasteiger partial charge in [-0.25, -0.2) is 4.39 Å². The van der Waals surface area contributed by atoms with E-state index >= 15 is 0 Å². The normalized spacial score (nSPS) is 17.0. The molecule has 0 spiro atoms. The number of benzene rings is 2. The van der Waals surface area contributed by atoms with Crippen LogP contribution in [-0.4, -0.2) is 47.4 Å². The number of rotatable bonds is 7. The number of hydrogen-bond donors (Lipinski definition) is 1. The second kappa shape index (κ2) is 10.1. The lowest BCUT2D eigenvalue weighted by molar-refractivity contribution is -0.139. The van der Waals surface area contributed by atoms with Crippen LogP contribution in [0.2, 0.25) is 5.02 Å². The fraction of sp³-hybridized carbons (Fsp3) is 0.192. The molecule has 180 valence electrons. The highest BCUT2D eigenvalue weighted by Gasteiger charge is 2.46. The summed E-state index contributed by atoms with van der Waals surface area (Å²) in [4.78, 5) is 31.8. The third-order valence-corrected chi connectivity index (χ3v) is 6.12. The molecule has 3 aromatic rings. The second-order valence-corrected chi connectivity index (χ2v) is 8.25. The summed E-state index contributed by atoms with van der Waals surface area (Å²) in [5.41, 5.74) is 1.39. The smallest absolute Gasteiger partial charge is 0.295 e. The molecule has 35 heavy (non-hydrogen) atoms. The van der Waals surface area contributed by atoms with Crippen molar-refractivity contribution in [1.29, 1.82) is 0 Å². The minimum Gasteiger partial charge on any atom is -0.507 e. The molecule has 0 radical (unpaired) electrons. The number of hydrogen-bond acceptors (Lipinski definition) is 6. The van der Waals surface area contributed by atoms with Crippen LogP contribution in [-0.2, 0) is 16.0 Å². The first-order valence-corrected chi connectivity index (χ1v) is 11.1. The van der Waals surface area contributed by atoms with Gasteiger partial charge in [0.2, 0.25) is 0 Å². The Bertz CT molecular complexity index is 1300. The van der Waals surface area contributed by atoms with Crippen LogP contribution in [0, 0.1) is 5.82 Å². The molecule has 1 aliphatic heterocycles. The van der Waals surface area contributed by atoms with Crippen LogP contribution >= 0.6 is 11.6 Å². The molecule has 1 atom stereocenters. The molecule has 0 saturated carbocycles. The van der Waals surface area contributed by atoms with Gasteiger partial charge in [-0.3, -0.25) is 14.6 Å². The molecule has 1 aliphatic rings. The molecule has 7 nitrogen and oxygen atoms in total. The van der Waals surface area contributed by atoms with Crippen molar-refractivity contribution in [3.63, 3.8) is 0 Å². The fourth-order valence-electron chi connectivity index (χ4n) is 4.09. The van der Waals surface area contributed by atoms with E-state index in [1.54, 1.807) is 30.5 Å². The van der Waals surface area contributed by atoms with Gasteiger partial charge in [0.25, 0.3) is 11.7 Å². The van der Waals surface area contributed by atoms with Crippen molar-refractivity contribution in [1.82, 2.24) is 9.88 Å². The van der Waals surface area contributed by atoms with Gasteiger partial charge in [-0.15, -0.1) is 0 Å². The molecule has 4 rings (SSSR count). The first-order chi connectivity index (χ1) is 16.8. The number of Topliss-reactive ketones (excluding diaryl/α,β-unsaturated/α-hetero) is 1. The highest BCUT2D eigenvalue weighted by atomic mass is 35.5. The number of ether oxygens (including phenoxy) is 2. The fourth-order valence-corrected chi connectivity index (χ4v) is 4.32. The molecule has 1 unspecified atom stereocenters. The highest BCUT2D eigenvalue weighted by Crippen LogP contribution is 2.42. The molecule has 1 amide bonds. The Hall–Kier alpha value is -3.91. The van der Waals surface area contributed by atoms with E-state index in [4.69, 9.17) is 21.1 Å². The molecule has 1 aromatic heterocycles. The van der Waals surface area contributed by atoms with Crippen LogP contribution in [0.15, 0.2) is 66.5 Å². The number of carbonyl (C=O) groups excluding carboxylic acids is 2. The molecule has 1 N–H and O–H groups in total. The number of likely N-dealkylation sites (tertiary alicyclic amines) is 1. The zero-order valence-electron chi connectivity index (χ0n) is 19.0. The third kappa shape index (κ3) is 4.70. The number of aliphatic hydroxyl groups is 1. The average molecular weight is 497 g/mol. The van der Waals surface area contributed by atoms with Crippen molar-refractivity contribution >= 4 is 29.1 Å². The number of aliphatic hydroxyl groups excluding tert-OH is 1. The van der Waals surface area contributed by atoms with Crippen LogP contribution in [0.3, 0.4) is 0 Å². The van der Waals surface area contributed by atoms with Gasteiger partial charge in [-0.2, -0.15) is 0 Å². The summed E-state index contributed by atoms with van der Waals surface area (Å²) in [6, 6.07) is 11.3. The van der Waals surface area contributed by atoms with Crippen molar-refractivity contribution in [2.24, 2.45) is 0 Å². The first kappa shape index (κ1) is 24.2. The van der Waals surface area contributed by atoms with Gasteiger partial charge in [-0.1, -0.05) is 29.8 Å². The Morgan fingerprint density at radius 3 is 2.46 bits per heavy atom. The molecule has 1 saturated heterocycles. The molecular formula is C26H22ClFN2O5. The van der Waals surface area contributed by atoms with Crippen molar-refractivity contribution in [2.45, 2.75) is 12.5 Å². The average Bonchev–Trinajstić information content (AvgIpc) is 3.13. The molecule has 0 bridgehead atoms. The lowest BCUT2D eigenvalue weighted by Gasteiger charge is -2.25. The third-order valence-electron chi connectivity index (χ3n) is 5.82. The van der Waals surface area contributed by atoms with Gasteiger partial charge < -0.3 is 19.5 Å². The molecule has 2 heterocycles. The van der Waals surface area contributed by atoms with Gasteiger partial charge in [0, 0.05) is 25.0 Å². The Kier molecular flexibility index (Phi) is 7.02. The van der Waals surface area contributed by atoms with E-state index in [0.29, 0.717) is 12.0 Å². The van der Waals surface area contributed by atoms with Crippen molar-refractivity contribution in [2.75, 3.05) is 20.8 Å². The SMILES string of the molecule is COc1cc(/C(O)=C2\C(=O)C(=O)N(CCc3ccc(F)cc3)C2c2cccnc2)c(OC)cc1Cl. The van der Waals surface area contributed by atoms with Crippen molar-refractivity contribution in [3.05, 3.63) is 94.0 Å². The van der Waals surface area contributed by atoms with E-state index in [0.717, 1.165) is 5.56 Å². The van der Waals surface area contributed by atoms with E-state index in [1.807, 2.05) is 0 Å². The van der Waals surface area contributed by atoms with Gasteiger partial charge >= 0.3 is 0 Å². The minimum absolute atomic E-state index is 0.107. The van der Waals surface area contributed by atoms with Gasteiger partial charge in [0.15, 0.2) is 0 Å². The minimum atomic E-state index is -0.893. The number of nitrogens with zero attached hydrogens (tertiary/aromatic N) is 2. The molecule has 9 heteroatoms. The monoisotopic (exact) mass is 496 g/mol. The summed E-state index contributed by atoms with van der Waals surface area (Å²) in [6.07, 6.45) is 3.48. The predicted octanol–water partition coefficient (Wildman–Crippen LogP) is 4.56. The predicted molar refractivity (Wildman–Crippen MR) is 128 cm³/mol. The van der Waals surface area contributed by atoms with Crippen LogP contribution < -0.4 is 9.47 Å². The van der Waals surface area contributed by atoms with Gasteiger partial charge in [0.1, 0.15) is 23.1 Å². The number of carbonyl (C=O) groups is 2. The van der Waals surface area contributed by atoms with Crippen LogP contribution in [0.4, 0.5) is 4.39 Å². The van der Waals surface area contributed by atoms with E-state index in [1.165, 1.54) is 49.6 Å².